The molecule has 1 aromatic rings. The van der Waals surface area contributed by atoms with Gasteiger partial charge in [-0.2, -0.15) is 0 Å². The van der Waals surface area contributed by atoms with E-state index in [1.54, 1.807) is 0 Å². The summed E-state index contributed by atoms with van der Waals surface area (Å²) in [6.45, 7) is 5.62. The van der Waals surface area contributed by atoms with Crippen LogP contribution in [0.2, 0.25) is 0 Å². The van der Waals surface area contributed by atoms with E-state index in [0.29, 0.717) is 6.61 Å². The lowest BCUT2D eigenvalue weighted by molar-refractivity contribution is -0.149. The second kappa shape index (κ2) is 8.33. The summed E-state index contributed by atoms with van der Waals surface area (Å²) in [6, 6.07) is 10.2. The lowest BCUT2D eigenvalue weighted by Crippen LogP contribution is -2.24. The Morgan fingerprint density at radius 3 is 2.55 bits per heavy atom. The van der Waals surface area contributed by atoms with E-state index in [4.69, 9.17) is 9.47 Å². The fraction of sp³-hybridized carbons (Fsp3) is 0.632. The van der Waals surface area contributed by atoms with Crippen molar-refractivity contribution in [2.45, 2.75) is 65.1 Å². The van der Waals surface area contributed by atoms with Gasteiger partial charge in [0.05, 0.1) is 12.0 Å². The van der Waals surface area contributed by atoms with Crippen LogP contribution in [0.15, 0.2) is 30.3 Å². The monoisotopic (exact) mass is 304 g/mol. The lowest BCUT2D eigenvalue weighted by atomic mass is 9.79. The molecule has 0 spiro atoms. The standard InChI is InChI=1S/C19H28O3/c1-3-19(4-2)14-17(22-18(19)20)12-8-9-13-21-15-16-10-6-5-7-11-16/h5-7,10-11,17H,3-4,8-9,12-15H2,1-2H3. The molecule has 0 amide bonds. The van der Waals surface area contributed by atoms with E-state index in [-0.39, 0.29) is 17.5 Å². The molecule has 0 saturated carbocycles. The molecular formula is C19H28O3. The Hall–Kier alpha value is -1.35. The predicted octanol–water partition coefficient (Wildman–Crippen LogP) is 4.50. The summed E-state index contributed by atoms with van der Waals surface area (Å²) < 4.78 is 11.2. The molecule has 1 saturated heterocycles. The fourth-order valence-electron chi connectivity index (χ4n) is 3.17. The van der Waals surface area contributed by atoms with Gasteiger partial charge in [0.25, 0.3) is 0 Å². The van der Waals surface area contributed by atoms with E-state index in [1.165, 1.54) is 5.56 Å². The molecule has 122 valence electrons. The van der Waals surface area contributed by atoms with Gasteiger partial charge in [0.15, 0.2) is 0 Å². The largest absolute Gasteiger partial charge is 0.462 e. The molecule has 0 aromatic heterocycles. The van der Waals surface area contributed by atoms with Crippen molar-refractivity contribution >= 4 is 5.97 Å². The minimum atomic E-state index is -0.214. The topological polar surface area (TPSA) is 35.5 Å². The van der Waals surface area contributed by atoms with E-state index in [1.807, 2.05) is 18.2 Å². The highest BCUT2D eigenvalue weighted by atomic mass is 16.6. The SMILES string of the molecule is CCC1(CC)CC(CCCCOCc2ccccc2)OC1=O. The Kier molecular flexibility index (Phi) is 6.44. The van der Waals surface area contributed by atoms with Crippen molar-refractivity contribution in [3.05, 3.63) is 35.9 Å². The van der Waals surface area contributed by atoms with Crippen molar-refractivity contribution in [3.8, 4) is 0 Å². The maximum Gasteiger partial charge on any atom is 0.312 e. The highest BCUT2D eigenvalue weighted by Crippen LogP contribution is 2.41. The molecule has 0 aliphatic carbocycles. The molecule has 2 rings (SSSR count). The highest BCUT2D eigenvalue weighted by Gasteiger charge is 2.45. The molecule has 1 atom stereocenters. The number of benzene rings is 1. The summed E-state index contributed by atoms with van der Waals surface area (Å²) in [6.07, 6.45) is 5.81. The van der Waals surface area contributed by atoms with Gasteiger partial charge >= 0.3 is 5.97 Å². The summed E-state index contributed by atoms with van der Waals surface area (Å²) in [5.41, 5.74) is 0.997. The van der Waals surface area contributed by atoms with Gasteiger partial charge < -0.3 is 9.47 Å². The summed E-state index contributed by atoms with van der Waals surface area (Å²) >= 11 is 0. The number of ether oxygens (including phenoxy) is 2. The average molecular weight is 304 g/mol. The van der Waals surface area contributed by atoms with Gasteiger partial charge in [-0.25, -0.2) is 0 Å². The Morgan fingerprint density at radius 1 is 1.18 bits per heavy atom. The third-order valence-electron chi connectivity index (χ3n) is 4.86. The molecule has 1 unspecified atom stereocenters. The number of carbonyl (C=O) groups is 1. The van der Waals surface area contributed by atoms with Crippen LogP contribution in [0.1, 0.15) is 57.9 Å². The molecule has 1 aromatic carbocycles. The van der Waals surface area contributed by atoms with Crippen molar-refractivity contribution in [3.63, 3.8) is 0 Å². The third-order valence-corrected chi connectivity index (χ3v) is 4.86. The molecule has 1 fully saturated rings. The minimum absolute atomic E-state index is 0.0165. The Balaban J connectivity index is 1.59. The van der Waals surface area contributed by atoms with Crippen LogP contribution in [0, 0.1) is 5.41 Å². The molecule has 1 aliphatic heterocycles. The number of cyclic esters (lactones) is 1. The average Bonchev–Trinajstić information content (AvgIpc) is 2.88. The second-order valence-electron chi connectivity index (χ2n) is 6.25. The fourth-order valence-corrected chi connectivity index (χ4v) is 3.17. The molecule has 3 nitrogen and oxygen atoms in total. The van der Waals surface area contributed by atoms with Crippen LogP contribution in [0.4, 0.5) is 0 Å². The van der Waals surface area contributed by atoms with Crippen LogP contribution in [0.5, 0.6) is 0 Å². The number of esters is 1. The van der Waals surface area contributed by atoms with Gasteiger partial charge in [-0.1, -0.05) is 44.2 Å². The van der Waals surface area contributed by atoms with Crippen molar-refractivity contribution in [2.75, 3.05) is 6.61 Å². The number of hydrogen-bond acceptors (Lipinski definition) is 3. The predicted molar refractivity (Wildman–Crippen MR) is 87.5 cm³/mol. The molecule has 3 heteroatoms. The first-order valence-corrected chi connectivity index (χ1v) is 8.53. The Morgan fingerprint density at radius 2 is 1.91 bits per heavy atom. The maximum absolute atomic E-state index is 12.0. The summed E-state index contributed by atoms with van der Waals surface area (Å²) in [5, 5.41) is 0. The van der Waals surface area contributed by atoms with Crippen LogP contribution >= 0.6 is 0 Å². The number of unbranched alkanes of at least 4 members (excludes halogenated alkanes) is 1. The van der Waals surface area contributed by atoms with Crippen molar-refractivity contribution in [2.24, 2.45) is 5.41 Å². The minimum Gasteiger partial charge on any atom is -0.462 e. The van der Waals surface area contributed by atoms with Gasteiger partial charge in [0, 0.05) is 13.0 Å². The van der Waals surface area contributed by atoms with Crippen LogP contribution in [-0.2, 0) is 20.9 Å². The first-order valence-electron chi connectivity index (χ1n) is 8.53. The quantitative estimate of drug-likeness (QED) is 0.498. The van der Waals surface area contributed by atoms with Crippen molar-refractivity contribution in [1.82, 2.24) is 0 Å². The van der Waals surface area contributed by atoms with Crippen LogP contribution in [0.3, 0.4) is 0 Å². The van der Waals surface area contributed by atoms with Crippen molar-refractivity contribution in [1.29, 1.82) is 0 Å². The zero-order valence-electron chi connectivity index (χ0n) is 13.8. The van der Waals surface area contributed by atoms with E-state index >= 15 is 0 Å². The summed E-state index contributed by atoms with van der Waals surface area (Å²) in [4.78, 5) is 12.0. The zero-order valence-corrected chi connectivity index (χ0v) is 13.8. The van der Waals surface area contributed by atoms with E-state index < -0.39 is 0 Å². The van der Waals surface area contributed by atoms with Crippen molar-refractivity contribution < 1.29 is 14.3 Å². The number of rotatable bonds is 9. The highest BCUT2D eigenvalue weighted by molar-refractivity contribution is 5.78. The summed E-state index contributed by atoms with van der Waals surface area (Å²) in [7, 11) is 0. The Labute approximate surface area is 134 Å². The lowest BCUT2D eigenvalue weighted by Gasteiger charge is -2.20. The van der Waals surface area contributed by atoms with Crippen LogP contribution < -0.4 is 0 Å². The van der Waals surface area contributed by atoms with E-state index in [9.17, 15) is 4.79 Å². The molecule has 22 heavy (non-hydrogen) atoms. The third kappa shape index (κ3) is 4.33. The smallest absolute Gasteiger partial charge is 0.312 e. The molecule has 1 heterocycles. The van der Waals surface area contributed by atoms with Gasteiger partial charge in [-0.05, 0) is 37.7 Å². The Bertz CT molecular complexity index is 451. The second-order valence-corrected chi connectivity index (χ2v) is 6.25. The molecule has 0 radical (unpaired) electrons. The van der Waals surface area contributed by atoms with Gasteiger partial charge in [0.1, 0.15) is 6.10 Å². The van der Waals surface area contributed by atoms with Gasteiger partial charge in [-0.3, -0.25) is 4.79 Å². The van der Waals surface area contributed by atoms with Crippen LogP contribution in [-0.4, -0.2) is 18.7 Å². The molecule has 0 N–H and O–H groups in total. The number of hydrogen-bond donors (Lipinski definition) is 0. The molecule has 0 bridgehead atoms. The van der Waals surface area contributed by atoms with Crippen LogP contribution in [0.25, 0.3) is 0 Å². The number of carbonyl (C=O) groups excluding carboxylic acids is 1. The normalized spacial score (nSPS) is 20.1. The zero-order chi connectivity index (χ0) is 15.8. The van der Waals surface area contributed by atoms with Gasteiger partial charge in [0.2, 0.25) is 0 Å². The van der Waals surface area contributed by atoms with E-state index in [0.717, 1.165) is 45.1 Å². The first-order chi connectivity index (χ1) is 10.7. The molecular weight excluding hydrogens is 276 g/mol. The maximum atomic E-state index is 12.0. The van der Waals surface area contributed by atoms with E-state index in [2.05, 4.69) is 26.0 Å². The first kappa shape index (κ1) is 17.0. The summed E-state index contributed by atoms with van der Waals surface area (Å²) in [5.74, 6) is 0.0165. The molecule has 1 aliphatic rings. The van der Waals surface area contributed by atoms with Gasteiger partial charge in [-0.15, -0.1) is 0 Å².